The summed E-state index contributed by atoms with van der Waals surface area (Å²) in [6.07, 6.45) is 0. The summed E-state index contributed by atoms with van der Waals surface area (Å²) in [7, 11) is 0. The normalized spacial score (nSPS) is 10.6. The highest BCUT2D eigenvalue weighted by Crippen LogP contribution is 2.23. The highest BCUT2D eigenvalue weighted by atomic mass is 35.5. The van der Waals surface area contributed by atoms with Gasteiger partial charge in [0, 0.05) is 17.1 Å². The summed E-state index contributed by atoms with van der Waals surface area (Å²) in [4.78, 5) is 15.3. The molecule has 1 aromatic heterocycles. The van der Waals surface area contributed by atoms with Crippen molar-refractivity contribution in [3.05, 3.63) is 50.1 Å². The number of nitriles is 1. The van der Waals surface area contributed by atoms with Gasteiger partial charge in [0.25, 0.3) is 0 Å². The second kappa shape index (κ2) is 8.32. The smallest absolute Gasteiger partial charge is 0.238 e. The first-order chi connectivity index (χ1) is 11.0. The maximum Gasteiger partial charge on any atom is 0.238 e. The third-order valence-corrected chi connectivity index (χ3v) is 4.72. The van der Waals surface area contributed by atoms with Crippen molar-refractivity contribution >= 4 is 46.1 Å². The highest BCUT2D eigenvalue weighted by Gasteiger charge is 2.12. The predicted molar refractivity (Wildman–Crippen MR) is 95.1 cm³/mol. The van der Waals surface area contributed by atoms with Gasteiger partial charge in [-0.2, -0.15) is 5.26 Å². The average molecular weight is 368 g/mol. The Morgan fingerprint density at radius 2 is 2.13 bits per heavy atom. The van der Waals surface area contributed by atoms with Gasteiger partial charge < -0.3 is 5.32 Å². The van der Waals surface area contributed by atoms with E-state index >= 15 is 0 Å². The van der Waals surface area contributed by atoms with Crippen molar-refractivity contribution < 1.29 is 4.79 Å². The lowest BCUT2D eigenvalue weighted by Crippen LogP contribution is -2.32. The number of amides is 1. The van der Waals surface area contributed by atoms with Crippen LogP contribution in [0.4, 0.5) is 5.69 Å². The Morgan fingerprint density at radius 3 is 2.70 bits per heavy atom. The lowest BCUT2D eigenvalue weighted by atomic mass is 10.2. The van der Waals surface area contributed by atoms with Crippen LogP contribution in [-0.2, 0) is 11.3 Å². The Hall–Kier alpha value is -1.58. The van der Waals surface area contributed by atoms with Crippen LogP contribution in [0.2, 0.25) is 9.36 Å². The van der Waals surface area contributed by atoms with Gasteiger partial charge in [-0.1, -0.05) is 30.1 Å². The minimum atomic E-state index is -0.129. The number of nitrogens with zero attached hydrogens (tertiary/aromatic N) is 2. The molecule has 4 nitrogen and oxygen atoms in total. The summed E-state index contributed by atoms with van der Waals surface area (Å²) in [5.74, 6) is -0.129. The van der Waals surface area contributed by atoms with Gasteiger partial charge in [-0.15, -0.1) is 11.3 Å². The van der Waals surface area contributed by atoms with Crippen molar-refractivity contribution in [1.29, 1.82) is 5.26 Å². The second-order valence-electron chi connectivity index (χ2n) is 4.86. The zero-order valence-corrected chi connectivity index (χ0v) is 14.8. The molecule has 1 amide bonds. The number of carbonyl (C=O) groups excluding carboxylic acids is 1. The molecule has 2 aromatic rings. The van der Waals surface area contributed by atoms with E-state index in [4.69, 9.17) is 28.5 Å². The van der Waals surface area contributed by atoms with Crippen LogP contribution in [0.25, 0.3) is 0 Å². The molecule has 0 fully saturated rings. The number of thiophene rings is 1. The monoisotopic (exact) mass is 367 g/mol. The maximum absolute atomic E-state index is 12.2. The molecule has 7 heteroatoms. The molecule has 1 N–H and O–H groups in total. The van der Waals surface area contributed by atoms with E-state index in [9.17, 15) is 4.79 Å². The van der Waals surface area contributed by atoms with Crippen LogP contribution in [-0.4, -0.2) is 23.9 Å². The van der Waals surface area contributed by atoms with E-state index in [-0.39, 0.29) is 12.5 Å². The molecule has 0 saturated heterocycles. The number of nitrogens with one attached hydrogen (secondary N) is 1. The van der Waals surface area contributed by atoms with E-state index in [2.05, 4.69) is 5.32 Å². The zero-order chi connectivity index (χ0) is 16.8. The van der Waals surface area contributed by atoms with Crippen molar-refractivity contribution in [3.8, 4) is 6.07 Å². The lowest BCUT2D eigenvalue weighted by molar-refractivity contribution is -0.117. The Morgan fingerprint density at radius 1 is 1.35 bits per heavy atom. The third-order valence-electron chi connectivity index (χ3n) is 3.20. The van der Waals surface area contributed by atoms with E-state index in [0.29, 0.717) is 22.8 Å². The number of likely N-dealkylation sites (N-methyl/N-ethyl adjacent to an activating group) is 1. The van der Waals surface area contributed by atoms with Crippen molar-refractivity contribution in [2.75, 3.05) is 18.4 Å². The summed E-state index contributed by atoms with van der Waals surface area (Å²) < 4.78 is 0.743. The molecule has 0 bridgehead atoms. The van der Waals surface area contributed by atoms with Gasteiger partial charge in [0.05, 0.1) is 21.5 Å². The van der Waals surface area contributed by atoms with Crippen molar-refractivity contribution in [2.45, 2.75) is 13.5 Å². The van der Waals surface area contributed by atoms with Crippen molar-refractivity contribution in [3.63, 3.8) is 0 Å². The Balaban J connectivity index is 1.94. The summed E-state index contributed by atoms with van der Waals surface area (Å²) in [5.41, 5.74) is 0.962. The fourth-order valence-corrected chi connectivity index (χ4v) is 3.38. The van der Waals surface area contributed by atoms with Gasteiger partial charge in [0.2, 0.25) is 5.91 Å². The van der Waals surface area contributed by atoms with E-state index < -0.39 is 0 Å². The molecular formula is C16H15Cl2N3OS. The van der Waals surface area contributed by atoms with E-state index in [1.165, 1.54) is 11.3 Å². The summed E-state index contributed by atoms with van der Waals surface area (Å²) >= 11 is 13.4. The molecule has 0 saturated carbocycles. The van der Waals surface area contributed by atoms with Crippen LogP contribution < -0.4 is 5.32 Å². The van der Waals surface area contributed by atoms with Crippen molar-refractivity contribution in [1.82, 2.24) is 4.90 Å². The highest BCUT2D eigenvalue weighted by molar-refractivity contribution is 7.16. The molecule has 2 rings (SSSR count). The number of halogens is 2. The van der Waals surface area contributed by atoms with Crippen LogP contribution in [0, 0.1) is 11.3 Å². The van der Waals surface area contributed by atoms with Gasteiger partial charge in [-0.3, -0.25) is 9.69 Å². The first-order valence-electron chi connectivity index (χ1n) is 6.98. The Kier molecular flexibility index (Phi) is 6.43. The minimum absolute atomic E-state index is 0.129. The summed E-state index contributed by atoms with van der Waals surface area (Å²) in [5, 5.41) is 12.0. The fraction of sp³-hybridized carbons (Fsp3) is 0.250. The Bertz CT molecular complexity index is 739. The SMILES string of the molecule is CCN(CC(=O)Nc1ccc(C#N)c(Cl)c1)Cc1ccc(Cl)s1. The van der Waals surface area contributed by atoms with Crippen LogP contribution in [0.15, 0.2) is 30.3 Å². The predicted octanol–water partition coefficient (Wildman–Crippen LogP) is 4.39. The molecule has 0 spiro atoms. The van der Waals surface area contributed by atoms with Gasteiger partial charge in [-0.25, -0.2) is 0 Å². The molecule has 0 aliphatic rings. The van der Waals surface area contributed by atoms with E-state index in [0.717, 1.165) is 15.8 Å². The zero-order valence-electron chi connectivity index (χ0n) is 12.5. The number of rotatable bonds is 6. The molecule has 0 atom stereocenters. The quantitative estimate of drug-likeness (QED) is 0.823. The third kappa shape index (κ3) is 5.22. The van der Waals surface area contributed by atoms with Gasteiger partial charge >= 0.3 is 0 Å². The number of anilines is 1. The van der Waals surface area contributed by atoms with Crippen LogP contribution in [0.1, 0.15) is 17.4 Å². The van der Waals surface area contributed by atoms with E-state index in [1.54, 1.807) is 18.2 Å². The second-order valence-corrected chi connectivity index (χ2v) is 7.07. The van der Waals surface area contributed by atoms with Crippen molar-refractivity contribution in [2.24, 2.45) is 0 Å². The van der Waals surface area contributed by atoms with E-state index in [1.807, 2.05) is 30.0 Å². The largest absolute Gasteiger partial charge is 0.325 e. The number of benzene rings is 1. The molecule has 1 aromatic carbocycles. The topological polar surface area (TPSA) is 56.1 Å². The maximum atomic E-state index is 12.2. The lowest BCUT2D eigenvalue weighted by Gasteiger charge is -2.19. The number of hydrogen-bond acceptors (Lipinski definition) is 4. The molecule has 0 aliphatic heterocycles. The molecule has 23 heavy (non-hydrogen) atoms. The number of hydrogen-bond donors (Lipinski definition) is 1. The summed E-state index contributed by atoms with van der Waals surface area (Å²) in [6.45, 7) is 3.69. The first kappa shape index (κ1) is 17.8. The Labute approximate surface area is 149 Å². The minimum Gasteiger partial charge on any atom is -0.325 e. The standard InChI is InChI=1S/C16H15Cl2N3OS/c1-2-21(9-13-5-6-15(18)23-13)10-16(22)20-12-4-3-11(8-19)14(17)7-12/h3-7H,2,9-10H2,1H3,(H,20,22). The first-order valence-corrected chi connectivity index (χ1v) is 8.55. The number of carbonyl (C=O) groups is 1. The fourth-order valence-electron chi connectivity index (χ4n) is 2.02. The van der Waals surface area contributed by atoms with Gasteiger partial charge in [0.1, 0.15) is 6.07 Å². The van der Waals surface area contributed by atoms with Crippen LogP contribution in [0.3, 0.4) is 0 Å². The average Bonchev–Trinajstić information content (AvgIpc) is 2.92. The van der Waals surface area contributed by atoms with Gasteiger partial charge in [-0.05, 0) is 36.9 Å². The molecule has 0 radical (unpaired) electrons. The van der Waals surface area contributed by atoms with Crippen LogP contribution in [0.5, 0.6) is 0 Å². The molecule has 120 valence electrons. The molecule has 1 heterocycles. The molecule has 0 unspecified atom stereocenters. The molecule has 0 aliphatic carbocycles. The van der Waals surface area contributed by atoms with Crippen LogP contribution >= 0.6 is 34.5 Å². The summed E-state index contributed by atoms with van der Waals surface area (Å²) in [6, 6.07) is 10.6. The van der Waals surface area contributed by atoms with Gasteiger partial charge in [0.15, 0.2) is 0 Å². The molecular weight excluding hydrogens is 353 g/mol.